The van der Waals surface area contributed by atoms with Crippen LogP contribution in [-0.4, -0.2) is 76.3 Å². The number of carbonyl (C=O) groups is 4. The number of cyclic esters (lactones) is 2. The highest BCUT2D eigenvalue weighted by atomic mass is 16.7. The molecule has 5 aliphatic rings. The molecule has 1 aromatic rings. The summed E-state index contributed by atoms with van der Waals surface area (Å²) in [6.45, 7) is 9.22. The summed E-state index contributed by atoms with van der Waals surface area (Å²) in [5.74, 6) is -4.15. The molecule has 0 aromatic carbocycles. The molecule has 2 saturated carbocycles. The monoisotopic (exact) mass is 590 g/mol. The van der Waals surface area contributed by atoms with Crippen molar-refractivity contribution in [1.29, 1.82) is 0 Å². The number of furan rings is 1. The first-order valence-electron chi connectivity index (χ1n) is 14.3. The van der Waals surface area contributed by atoms with E-state index in [2.05, 4.69) is 0 Å². The maximum Gasteiger partial charge on any atom is 0.339 e. The minimum absolute atomic E-state index is 0.0116. The van der Waals surface area contributed by atoms with Gasteiger partial charge in [0.25, 0.3) is 0 Å². The average Bonchev–Trinajstić information content (AvgIpc) is 3.47. The van der Waals surface area contributed by atoms with Crippen molar-refractivity contribution in [2.45, 2.75) is 103 Å². The van der Waals surface area contributed by atoms with Crippen molar-refractivity contribution in [3.8, 4) is 0 Å². The molecule has 11 atom stereocenters. The number of aliphatic hydroxyl groups excluding tert-OH is 2. The van der Waals surface area contributed by atoms with Crippen LogP contribution in [0.1, 0.15) is 72.5 Å². The summed E-state index contributed by atoms with van der Waals surface area (Å²) < 4.78 is 35.2. The lowest BCUT2D eigenvalue weighted by atomic mass is 9.35. The van der Waals surface area contributed by atoms with E-state index >= 15 is 0 Å². The van der Waals surface area contributed by atoms with E-state index < -0.39 is 100 Å². The molecule has 0 amide bonds. The Kier molecular flexibility index (Phi) is 6.26. The summed E-state index contributed by atoms with van der Waals surface area (Å²) in [6.07, 6.45) is -2.83. The molecule has 0 bridgehead atoms. The second kappa shape index (κ2) is 9.03. The Labute approximate surface area is 242 Å². The fraction of sp³-hybridized carbons (Fsp3) is 0.733. The van der Waals surface area contributed by atoms with E-state index in [1.165, 1.54) is 26.4 Å². The first-order valence-corrected chi connectivity index (χ1v) is 14.3. The van der Waals surface area contributed by atoms with Gasteiger partial charge in [0.2, 0.25) is 0 Å². The number of rotatable bonds is 4. The van der Waals surface area contributed by atoms with Gasteiger partial charge in [0.05, 0.1) is 31.2 Å². The molecule has 230 valence electrons. The van der Waals surface area contributed by atoms with Gasteiger partial charge in [-0.05, 0) is 32.8 Å². The Balaban J connectivity index is 1.63. The van der Waals surface area contributed by atoms with Gasteiger partial charge in [-0.3, -0.25) is 14.4 Å². The Morgan fingerprint density at radius 3 is 2.38 bits per heavy atom. The standard InChI is InChI=1S/C30H38O12/c1-14(31)38-13-29-18(26(3,4)41-21(35)10-20(29)34)9-19(33)28(6)22(29)17(39-15(2)32)11-27(5)23(16-7-8-37-12-16)40-25(36)24-30(27,28)42-24/h7-8,12,17-20,22-24,33-34H,9-11,13H2,1-6H3/t17-,18-,19+,20+,22-,23-,24+,27-,28+,29+,30+/m0/s1. The highest BCUT2D eigenvalue weighted by Gasteiger charge is 2.90. The van der Waals surface area contributed by atoms with E-state index in [1.54, 1.807) is 26.8 Å². The van der Waals surface area contributed by atoms with Crippen LogP contribution in [0.4, 0.5) is 0 Å². The zero-order valence-corrected chi connectivity index (χ0v) is 24.6. The van der Waals surface area contributed by atoms with Crippen LogP contribution in [0.25, 0.3) is 0 Å². The van der Waals surface area contributed by atoms with Gasteiger partial charge in [-0.1, -0.05) is 13.8 Å². The first kappa shape index (κ1) is 29.1. The predicted molar refractivity (Wildman–Crippen MR) is 139 cm³/mol. The predicted octanol–water partition coefficient (Wildman–Crippen LogP) is 2.00. The fourth-order valence-corrected chi connectivity index (χ4v) is 9.82. The molecule has 5 fully saturated rings. The molecule has 42 heavy (non-hydrogen) atoms. The minimum atomic E-state index is -1.45. The van der Waals surface area contributed by atoms with Crippen LogP contribution in [0.5, 0.6) is 0 Å². The van der Waals surface area contributed by atoms with E-state index in [-0.39, 0.29) is 19.4 Å². The van der Waals surface area contributed by atoms with Crippen molar-refractivity contribution in [1.82, 2.24) is 0 Å². The normalized spacial score (nSPS) is 46.8. The number of epoxide rings is 1. The van der Waals surface area contributed by atoms with E-state index in [4.69, 9.17) is 28.1 Å². The molecule has 0 unspecified atom stereocenters. The van der Waals surface area contributed by atoms with Crippen LogP contribution in [-0.2, 0) is 42.9 Å². The number of hydrogen-bond acceptors (Lipinski definition) is 12. The highest BCUT2D eigenvalue weighted by Crippen LogP contribution is 2.79. The zero-order chi connectivity index (χ0) is 30.6. The third-order valence-electron chi connectivity index (χ3n) is 11.2. The third kappa shape index (κ3) is 3.51. The molecule has 4 heterocycles. The van der Waals surface area contributed by atoms with Crippen molar-refractivity contribution in [2.24, 2.45) is 28.1 Å². The first-order chi connectivity index (χ1) is 19.6. The van der Waals surface area contributed by atoms with Crippen molar-refractivity contribution in [3.63, 3.8) is 0 Å². The maximum absolute atomic E-state index is 13.4. The van der Waals surface area contributed by atoms with E-state index in [0.29, 0.717) is 5.56 Å². The number of aliphatic hydroxyl groups is 2. The molecular weight excluding hydrogens is 552 g/mol. The summed E-state index contributed by atoms with van der Waals surface area (Å²) in [5, 5.41) is 24.2. The van der Waals surface area contributed by atoms with Gasteiger partial charge in [0.15, 0.2) is 6.10 Å². The third-order valence-corrected chi connectivity index (χ3v) is 11.2. The maximum atomic E-state index is 13.4. The second-order valence-electron chi connectivity index (χ2n) is 13.6. The largest absolute Gasteiger partial charge is 0.472 e. The Hall–Kier alpha value is -2.96. The molecule has 12 heteroatoms. The number of ether oxygens (including phenoxy) is 5. The van der Waals surface area contributed by atoms with Gasteiger partial charge in [0, 0.05) is 47.5 Å². The number of carbonyl (C=O) groups excluding carboxylic acids is 4. The van der Waals surface area contributed by atoms with Crippen LogP contribution in [0.3, 0.4) is 0 Å². The summed E-state index contributed by atoms with van der Waals surface area (Å²) >= 11 is 0. The Morgan fingerprint density at radius 1 is 1.05 bits per heavy atom. The Bertz CT molecular complexity index is 1320. The molecule has 3 aliphatic heterocycles. The molecule has 0 radical (unpaired) electrons. The van der Waals surface area contributed by atoms with E-state index in [9.17, 15) is 29.4 Å². The molecule has 6 rings (SSSR count). The van der Waals surface area contributed by atoms with Gasteiger partial charge in [-0.25, -0.2) is 4.79 Å². The van der Waals surface area contributed by atoms with Crippen molar-refractivity contribution >= 4 is 23.9 Å². The van der Waals surface area contributed by atoms with Crippen LogP contribution >= 0.6 is 0 Å². The van der Waals surface area contributed by atoms with Crippen molar-refractivity contribution in [3.05, 3.63) is 24.2 Å². The lowest BCUT2D eigenvalue weighted by molar-refractivity contribution is -0.310. The lowest BCUT2D eigenvalue weighted by Gasteiger charge is -2.69. The van der Waals surface area contributed by atoms with Crippen LogP contribution in [0.2, 0.25) is 0 Å². The molecule has 12 nitrogen and oxygen atoms in total. The molecule has 1 spiro atoms. The lowest BCUT2D eigenvalue weighted by Crippen LogP contribution is -2.78. The fourth-order valence-electron chi connectivity index (χ4n) is 9.82. The zero-order valence-electron chi connectivity index (χ0n) is 24.6. The van der Waals surface area contributed by atoms with Crippen molar-refractivity contribution in [2.75, 3.05) is 6.61 Å². The smallest absolute Gasteiger partial charge is 0.339 e. The van der Waals surface area contributed by atoms with E-state index in [1.807, 2.05) is 6.92 Å². The summed E-state index contributed by atoms with van der Waals surface area (Å²) in [7, 11) is 0. The average molecular weight is 591 g/mol. The number of hydrogen-bond donors (Lipinski definition) is 2. The van der Waals surface area contributed by atoms with Gasteiger partial charge in [-0.15, -0.1) is 0 Å². The van der Waals surface area contributed by atoms with E-state index in [0.717, 1.165) is 0 Å². The van der Waals surface area contributed by atoms with Gasteiger partial charge < -0.3 is 38.3 Å². The quantitative estimate of drug-likeness (QED) is 0.297. The SMILES string of the molecule is CC(=O)OC[C@]12[C@H](O)CC(=O)OC(C)(C)[C@@H]1C[C@@H](O)[C@]1(C)[C@@H]2[C@@H](OC(C)=O)C[C@@]2(C)[C@H](c3ccoc3)OC(=O)[C@H]3O[C@@]312. The Morgan fingerprint density at radius 2 is 1.76 bits per heavy atom. The summed E-state index contributed by atoms with van der Waals surface area (Å²) in [4.78, 5) is 51.4. The minimum Gasteiger partial charge on any atom is -0.472 e. The van der Waals surface area contributed by atoms with Crippen molar-refractivity contribution < 1.29 is 57.5 Å². The van der Waals surface area contributed by atoms with Crippen LogP contribution in [0, 0.1) is 28.1 Å². The highest BCUT2D eigenvalue weighted by molar-refractivity contribution is 5.82. The van der Waals surface area contributed by atoms with Gasteiger partial charge in [-0.2, -0.15) is 0 Å². The van der Waals surface area contributed by atoms with Crippen LogP contribution < -0.4 is 0 Å². The second-order valence-corrected chi connectivity index (χ2v) is 13.6. The molecule has 1 aromatic heterocycles. The summed E-state index contributed by atoms with van der Waals surface area (Å²) in [6, 6.07) is 1.69. The molecule has 3 saturated heterocycles. The summed E-state index contributed by atoms with van der Waals surface area (Å²) in [5.41, 5.74) is -5.82. The topological polar surface area (TPSA) is 171 Å². The number of esters is 4. The molecule has 2 N–H and O–H groups in total. The number of fused-ring (bicyclic) bond motifs is 3. The van der Waals surface area contributed by atoms with Crippen LogP contribution in [0.15, 0.2) is 23.0 Å². The molecule has 2 aliphatic carbocycles. The van der Waals surface area contributed by atoms with Gasteiger partial charge in [0.1, 0.15) is 30.0 Å². The van der Waals surface area contributed by atoms with Gasteiger partial charge >= 0.3 is 23.9 Å². The molecular formula is C30H38O12.